The summed E-state index contributed by atoms with van der Waals surface area (Å²) in [6, 6.07) is 55.7. The van der Waals surface area contributed by atoms with Gasteiger partial charge in [0.15, 0.2) is 17.3 Å². The third-order valence-corrected chi connectivity index (χ3v) is 23.8. The fraction of sp³-hybridized carbons (Fsp3) is 0.375. The number of benzene rings is 7. The summed E-state index contributed by atoms with van der Waals surface area (Å²) in [6.07, 6.45) is 33.7. The number of phenols is 1. The summed E-state index contributed by atoms with van der Waals surface area (Å²) >= 11 is 18.4. The number of nitriles is 1. The number of halogens is 3. The van der Waals surface area contributed by atoms with Crippen LogP contribution in [0.1, 0.15) is 164 Å². The van der Waals surface area contributed by atoms with E-state index in [2.05, 4.69) is 72.8 Å². The van der Waals surface area contributed by atoms with Gasteiger partial charge in [-0.15, -0.1) is 0 Å². The van der Waals surface area contributed by atoms with Crippen molar-refractivity contribution in [2.45, 2.75) is 132 Å². The predicted octanol–water partition coefficient (Wildman–Crippen LogP) is 20.4. The lowest BCUT2D eigenvalue weighted by Crippen LogP contribution is -2.56. The second-order valence-electron chi connectivity index (χ2n) is 29.2. The Morgan fingerprint density at radius 2 is 0.852 bits per heavy atom. The van der Waals surface area contributed by atoms with Gasteiger partial charge in [0.25, 0.3) is 0 Å². The van der Waals surface area contributed by atoms with Crippen molar-refractivity contribution in [1.29, 1.82) is 5.26 Å². The maximum Gasteiger partial charge on any atom is 0.185 e. The van der Waals surface area contributed by atoms with Crippen LogP contribution >= 0.6 is 34.8 Å². The van der Waals surface area contributed by atoms with Gasteiger partial charge < -0.3 is 5.11 Å². The highest BCUT2D eigenvalue weighted by Gasteiger charge is 2.61. The summed E-state index contributed by atoms with van der Waals surface area (Å²) in [5.41, 5.74) is 7.96. The molecule has 12 aliphatic carbocycles. The highest BCUT2D eigenvalue weighted by molar-refractivity contribution is 6.31. The first-order chi connectivity index (χ1) is 42.5. The lowest BCUT2D eigenvalue weighted by atomic mass is 9.42. The Bertz CT molecular complexity index is 3900. The maximum atomic E-state index is 13.5. The van der Waals surface area contributed by atoms with Crippen LogP contribution in [0.5, 0.6) is 5.75 Å². The Hall–Kier alpha value is -6.81. The van der Waals surface area contributed by atoms with Crippen molar-refractivity contribution in [3.05, 3.63) is 248 Å². The zero-order valence-electron chi connectivity index (χ0n) is 50.0. The number of phenolic OH excluding ortho intramolecular Hbond substituents is 1. The third kappa shape index (κ3) is 11.6. The molecule has 7 aromatic carbocycles. The van der Waals surface area contributed by atoms with Crippen molar-refractivity contribution >= 4 is 69.0 Å². The van der Waals surface area contributed by atoms with E-state index in [1.165, 1.54) is 106 Å². The minimum atomic E-state index is -0.215. The Kier molecular flexibility index (Phi) is 15.5. The van der Waals surface area contributed by atoms with Gasteiger partial charge >= 0.3 is 0 Å². The van der Waals surface area contributed by atoms with Gasteiger partial charge in [-0.1, -0.05) is 138 Å². The number of carbonyl (C=O) groups excluding carboxylic acids is 3. The van der Waals surface area contributed by atoms with E-state index in [-0.39, 0.29) is 55.6 Å². The molecule has 1 N–H and O–H groups in total. The van der Waals surface area contributed by atoms with Gasteiger partial charge in [-0.2, -0.15) is 5.26 Å². The molecule has 19 rings (SSSR count). The van der Waals surface area contributed by atoms with E-state index >= 15 is 0 Å². The molecule has 0 saturated heterocycles. The number of rotatable bonds is 12. The van der Waals surface area contributed by atoms with Gasteiger partial charge in [0.1, 0.15) is 5.75 Å². The normalized spacial score (nSPS) is 32.4. The van der Waals surface area contributed by atoms with E-state index in [1.807, 2.05) is 84.9 Å². The zero-order chi connectivity index (χ0) is 60.5. The molecular weight excluding hydrogens is 1150 g/mol. The monoisotopic (exact) mass is 1220 g/mol. The molecule has 0 spiro atoms. The van der Waals surface area contributed by atoms with Crippen LogP contribution in [0.3, 0.4) is 0 Å². The predicted molar refractivity (Wildman–Crippen MR) is 355 cm³/mol. The average molecular weight is 1220 g/mol. The summed E-state index contributed by atoms with van der Waals surface area (Å²) in [6.45, 7) is 0. The minimum absolute atomic E-state index is 0.0243. The van der Waals surface area contributed by atoms with Crippen molar-refractivity contribution in [2.75, 3.05) is 0 Å². The van der Waals surface area contributed by atoms with Gasteiger partial charge in [0.2, 0.25) is 0 Å². The molecule has 0 amide bonds. The van der Waals surface area contributed by atoms with Gasteiger partial charge in [0, 0.05) is 31.6 Å². The molecule has 0 heterocycles. The summed E-state index contributed by atoms with van der Waals surface area (Å²) < 4.78 is 0. The highest BCUT2D eigenvalue weighted by atomic mass is 35.5. The van der Waals surface area contributed by atoms with Gasteiger partial charge in [-0.25, -0.2) is 0 Å². The fourth-order valence-corrected chi connectivity index (χ4v) is 21.1. The van der Waals surface area contributed by atoms with Crippen molar-refractivity contribution in [2.24, 2.45) is 51.8 Å². The Balaban J connectivity index is 0.000000116. The molecular formula is C80H76Cl3NO4. The summed E-state index contributed by atoms with van der Waals surface area (Å²) in [7, 11) is 0. The second kappa shape index (κ2) is 23.2. The van der Waals surface area contributed by atoms with Crippen LogP contribution in [-0.4, -0.2) is 22.5 Å². The van der Waals surface area contributed by atoms with E-state index in [9.17, 15) is 19.5 Å². The maximum absolute atomic E-state index is 13.5. The molecule has 12 fully saturated rings. The Morgan fingerprint density at radius 3 is 1.31 bits per heavy atom. The van der Waals surface area contributed by atoms with Gasteiger partial charge in [0.05, 0.1) is 11.6 Å². The number of aromatic hydroxyl groups is 1. The molecule has 12 saturated carbocycles. The van der Waals surface area contributed by atoms with Crippen molar-refractivity contribution in [3.63, 3.8) is 0 Å². The van der Waals surface area contributed by atoms with Crippen LogP contribution in [0.2, 0.25) is 15.1 Å². The molecule has 0 radical (unpaired) electrons. The molecule has 7 aromatic rings. The quantitative estimate of drug-likeness (QED) is 0.0971. The standard InChI is InChI=1S/C29H27ClO.C26H24ClNO.C25H25ClO2/c30-26-9-7-25(8-10-26)29-17-20-13-21(18-29)16-28(15-20,19-29)12-11-27(31)24-6-5-22-3-1-2-4-23(22)14-24;27-23-8-6-22(7-9-23)25-12-20-11-21(13-25)15-26(14-20,17-25)24(29)10-5-18-1-3-19(16-28)4-2-18;26-21-5-3-20(4-6-21)25-14-17-11-18(15-25)13-24(12-17,16-25)10-9-23(28)19-1-7-22(27)8-2-19/h1-12,14,20-21H,13,15-19H2;1-10,20-21H,11-15,17H2;1-10,17-18,27H,11-16H2. The minimum Gasteiger partial charge on any atom is -0.508 e. The summed E-state index contributed by atoms with van der Waals surface area (Å²) in [4.78, 5) is 39.2. The topological polar surface area (TPSA) is 95.2 Å². The van der Waals surface area contributed by atoms with Crippen molar-refractivity contribution in [1.82, 2.24) is 0 Å². The van der Waals surface area contributed by atoms with Crippen LogP contribution in [0.4, 0.5) is 0 Å². The fourth-order valence-electron chi connectivity index (χ4n) is 20.7. The highest BCUT2D eigenvalue weighted by Crippen LogP contribution is 2.69. The SMILES string of the molecule is N#Cc1ccc(C=CC(=O)C23CC4CC(C2)CC(c2ccc(Cl)cc2)(C4)C3)cc1.O=C(C=CC12CC3CC(C1)CC(c1ccc(Cl)cc1)(C3)C2)c1ccc(O)cc1.O=C(C=CC12CC3CC(C1)CC(c1ccc(Cl)cc1)(C3)C2)c1ccc2ccccc2c1. The number of ketones is 3. The largest absolute Gasteiger partial charge is 0.508 e. The number of fused-ring (bicyclic) bond motifs is 1. The van der Waals surface area contributed by atoms with Crippen LogP contribution in [0.15, 0.2) is 194 Å². The molecule has 8 heteroatoms. The van der Waals surface area contributed by atoms with Gasteiger partial charge in [-0.05, 0) is 308 Å². The van der Waals surface area contributed by atoms with Gasteiger partial charge in [-0.3, -0.25) is 14.4 Å². The van der Waals surface area contributed by atoms with E-state index in [0.717, 1.165) is 87.4 Å². The van der Waals surface area contributed by atoms with E-state index < -0.39 is 0 Å². The summed E-state index contributed by atoms with van der Waals surface area (Å²) in [5, 5.41) is 23.1. The average Bonchev–Trinajstić information content (AvgIpc) is 0.773. The molecule has 6 unspecified atom stereocenters. The molecule has 0 aromatic heterocycles. The third-order valence-electron chi connectivity index (χ3n) is 23.0. The van der Waals surface area contributed by atoms with Crippen LogP contribution in [-0.2, 0) is 21.0 Å². The molecule has 12 bridgehead atoms. The van der Waals surface area contributed by atoms with Crippen molar-refractivity contribution in [3.8, 4) is 11.8 Å². The lowest BCUT2D eigenvalue weighted by molar-refractivity contribution is -0.141. The molecule has 446 valence electrons. The molecule has 88 heavy (non-hydrogen) atoms. The smallest absolute Gasteiger partial charge is 0.185 e. The number of carbonyl (C=O) groups is 3. The number of nitrogens with zero attached hydrogens (tertiary/aromatic N) is 1. The van der Waals surface area contributed by atoms with Crippen LogP contribution in [0.25, 0.3) is 16.8 Å². The Morgan fingerprint density at radius 1 is 0.443 bits per heavy atom. The molecule has 0 aliphatic heterocycles. The first-order valence-corrected chi connectivity index (χ1v) is 33.4. The first-order valence-electron chi connectivity index (χ1n) is 32.2. The van der Waals surface area contributed by atoms with E-state index in [4.69, 9.17) is 40.1 Å². The Labute approximate surface area is 533 Å². The van der Waals surface area contributed by atoms with Crippen molar-refractivity contribution < 1.29 is 19.5 Å². The van der Waals surface area contributed by atoms with Crippen LogP contribution < -0.4 is 0 Å². The second-order valence-corrected chi connectivity index (χ2v) is 30.5. The lowest BCUT2D eigenvalue weighted by Gasteiger charge is -2.62. The number of hydrogen-bond donors (Lipinski definition) is 1. The van der Waals surface area contributed by atoms with E-state index in [1.54, 1.807) is 48.6 Å². The zero-order valence-corrected chi connectivity index (χ0v) is 52.3. The number of hydrogen-bond acceptors (Lipinski definition) is 5. The first kappa shape index (κ1) is 58.8. The van der Waals surface area contributed by atoms with Crippen LogP contribution in [0, 0.1) is 63.1 Å². The molecule has 12 aliphatic rings. The molecule has 5 nitrogen and oxygen atoms in total. The summed E-state index contributed by atoms with van der Waals surface area (Å²) in [5.74, 6) is 4.99. The number of allylic oxidation sites excluding steroid dienone is 5. The molecule has 6 atom stereocenters. The van der Waals surface area contributed by atoms with E-state index in [0.29, 0.717) is 23.0 Å².